The minimum Gasteiger partial charge on any atom is -0.481 e. The molecule has 0 aromatic heterocycles. The predicted octanol–water partition coefficient (Wildman–Crippen LogP) is 1.56. The molecular weight excluding hydrogens is 352 g/mol. The van der Waals surface area contributed by atoms with Gasteiger partial charge >= 0.3 is 11.9 Å². The molecule has 0 bridgehead atoms. The van der Waals surface area contributed by atoms with E-state index in [2.05, 4.69) is 10.3 Å². The first-order valence-electron chi connectivity index (χ1n) is 7.86. The molecular formula is C18H18N4O5. The Bertz CT molecular complexity index is 920. The zero-order chi connectivity index (χ0) is 20.0. The molecule has 2 aromatic rings. The van der Waals surface area contributed by atoms with E-state index >= 15 is 0 Å². The van der Waals surface area contributed by atoms with Gasteiger partial charge in [0, 0.05) is 12.0 Å². The van der Waals surface area contributed by atoms with Gasteiger partial charge in [0.1, 0.15) is 0 Å². The highest BCUT2D eigenvalue weighted by Crippen LogP contribution is 2.23. The molecule has 0 saturated carbocycles. The normalized spacial score (nSPS) is 10.1. The number of amides is 1. The van der Waals surface area contributed by atoms with Crippen molar-refractivity contribution in [3.63, 3.8) is 0 Å². The molecule has 0 radical (unpaired) electrons. The van der Waals surface area contributed by atoms with Crippen LogP contribution >= 0.6 is 0 Å². The summed E-state index contributed by atoms with van der Waals surface area (Å²) in [7, 11) is 0. The number of benzene rings is 2. The number of nitrogens with one attached hydrogen (secondary N) is 1. The number of aryl methyl sites for hydroxylation is 1. The van der Waals surface area contributed by atoms with Crippen molar-refractivity contribution in [2.75, 3.05) is 5.32 Å². The third-order valence-corrected chi connectivity index (χ3v) is 3.59. The number of nitrogens with two attached hydrogens (primary N) is 2. The lowest BCUT2D eigenvalue weighted by Gasteiger charge is -2.12. The van der Waals surface area contributed by atoms with Gasteiger partial charge in [0.2, 0.25) is 0 Å². The molecule has 0 aliphatic carbocycles. The van der Waals surface area contributed by atoms with E-state index in [0.29, 0.717) is 11.3 Å². The summed E-state index contributed by atoms with van der Waals surface area (Å²) >= 11 is 0. The summed E-state index contributed by atoms with van der Waals surface area (Å²) in [5.41, 5.74) is 11.5. The van der Waals surface area contributed by atoms with E-state index in [4.69, 9.17) is 16.6 Å². The number of aliphatic carboxylic acids is 1. The SMILES string of the molecule is NC(N)=Nc1cccc(C(=O)Nc2cccc(CCC(=O)O)c2C(=O)O)c1. The lowest BCUT2D eigenvalue weighted by Crippen LogP contribution is -2.22. The standard InChI is InChI=1S/C18H18N4O5/c19-18(20)21-12-5-1-4-11(9-12)16(25)22-13-6-2-3-10(7-8-14(23)24)15(13)17(26)27/h1-6,9H,7-8H2,(H,22,25)(H,23,24)(H,26,27)(H4,19,20,21). The van der Waals surface area contributed by atoms with E-state index in [9.17, 15) is 19.5 Å². The molecule has 2 rings (SSSR count). The van der Waals surface area contributed by atoms with Crippen LogP contribution < -0.4 is 16.8 Å². The molecule has 7 N–H and O–H groups in total. The summed E-state index contributed by atoms with van der Waals surface area (Å²) in [6.45, 7) is 0. The van der Waals surface area contributed by atoms with Crippen molar-refractivity contribution in [2.24, 2.45) is 16.5 Å². The van der Waals surface area contributed by atoms with Crippen LogP contribution in [0.1, 0.15) is 32.7 Å². The van der Waals surface area contributed by atoms with E-state index in [-0.39, 0.29) is 35.6 Å². The summed E-state index contributed by atoms with van der Waals surface area (Å²) in [6, 6.07) is 10.7. The Morgan fingerprint density at radius 2 is 1.74 bits per heavy atom. The number of hydrogen-bond donors (Lipinski definition) is 5. The highest BCUT2D eigenvalue weighted by Gasteiger charge is 2.18. The molecule has 27 heavy (non-hydrogen) atoms. The first-order valence-corrected chi connectivity index (χ1v) is 7.86. The van der Waals surface area contributed by atoms with Crippen LogP contribution in [0.2, 0.25) is 0 Å². The Labute approximate surface area is 154 Å². The lowest BCUT2D eigenvalue weighted by atomic mass is 10.0. The fraction of sp³-hybridized carbons (Fsp3) is 0.111. The van der Waals surface area contributed by atoms with Crippen LogP contribution in [-0.2, 0) is 11.2 Å². The summed E-state index contributed by atoms with van der Waals surface area (Å²) in [5.74, 6) is -3.02. The minimum atomic E-state index is -1.26. The molecule has 0 saturated heterocycles. The number of aromatic carboxylic acids is 1. The Morgan fingerprint density at radius 3 is 2.37 bits per heavy atom. The van der Waals surface area contributed by atoms with Crippen LogP contribution in [0.5, 0.6) is 0 Å². The fourth-order valence-corrected chi connectivity index (χ4v) is 2.47. The highest BCUT2D eigenvalue weighted by molar-refractivity contribution is 6.08. The topological polar surface area (TPSA) is 168 Å². The zero-order valence-corrected chi connectivity index (χ0v) is 14.2. The van der Waals surface area contributed by atoms with Crippen molar-refractivity contribution in [1.82, 2.24) is 0 Å². The quantitative estimate of drug-likeness (QED) is 0.364. The van der Waals surface area contributed by atoms with Gasteiger partial charge in [-0.25, -0.2) is 9.79 Å². The number of aliphatic imine (C=N–C) groups is 1. The molecule has 2 aromatic carbocycles. The molecule has 0 spiro atoms. The average Bonchev–Trinajstić information content (AvgIpc) is 2.59. The number of rotatable bonds is 7. The summed E-state index contributed by atoms with van der Waals surface area (Å²) < 4.78 is 0. The van der Waals surface area contributed by atoms with Gasteiger partial charge in [0.25, 0.3) is 5.91 Å². The van der Waals surface area contributed by atoms with E-state index in [0.717, 1.165) is 0 Å². The first-order chi connectivity index (χ1) is 12.8. The maximum Gasteiger partial charge on any atom is 0.338 e. The third-order valence-electron chi connectivity index (χ3n) is 3.59. The van der Waals surface area contributed by atoms with Gasteiger partial charge in [0.05, 0.1) is 16.9 Å². The number of carbonyl (C=O) groups excluding carboxylic acids is 1. The van der Waals surface area contributed by atoms with Gasteiger partial charge in [-0.3, -0.25) is 9.59 Å². The van der Waals surface area contributed by atoms with Crippen molar-refractivity contribution >= 4 is 35.2 Å². The second kappa shape index (κ2) is 8.48. The second-order valence-corrected chi connectivity index (χ2v) is 5.58. The van der Waals surface area contributed by atoms with E-state index in [1.807, 2.05) is 0 Å². The number of carboxylic acid groups (broad SMARTS) is 2. The van der Waals surface area contributed by atoms with Crippen LogP contribution in [-0.4, -0.2) is 34.0 Å². The van der Waals surface area contributed by atoms with Crippen molar-refractivity contribution < 1.29 is 24.6 Å². The number of carbonyl (C=O) groups is 3. The van der Waals surface area contributed by atoms with Crippen LogP contribution in [0.15, 0.2) is 47.5 Å². The van der Waals surface area contributed by atoms with Gasteiger partial charge in [0.15, 0.2) is 5.96 Å². The lowest BCUT2D eigenvalue weighted by molar-refractivity contribution is -0.136. The summed E-state index contributed by atoms with van der Waals surface area (Å²) in [4.78, 5) is 38.7. The molecule has 0 unspecified atom stereocenters. The molecule has 9 nitrogen and oxygen atoms in total. The maximum atomic E-state index is 12.5. The highest BCUT2D eigenvalue weighted by atomic mass is 16.4. The molecule has 0 aliphatic heterocycles. The van der Waals surface area contributed by atoms with E-state index in [1.165, 1.54) is 24.3 Å². The number of nitrogens with zero attached hydrogens (tertiary/aromatic N) is 1. The smallest absolute Gasteiger partial charge is 0.338 e. The summed E-state index contributed by atoms with van der Waals surface area (Å²) in [6.07, 6.45) is -0.196. The predicted molar refractivity (Wildman–Crippen MR) is 99.2 cm³/mol. The Morgan fingerprint density at radius 1 is 1.04 bits per heavy atom. The van der Waals surface area contributed by atoms with Gasteiger partial charge in [-0.2, -0.15) is 0 Å². The van der Waals surface area contributed by atoms with Gasteiger partial charge in [-0.05, 0) is 36.2 Å². The van der Waals surface area contributed by atoms with Crippen molar-refractivity contribution in [3.05, 3.63) is 59.2 Å². The number of guanidine groups is 1. The number of carboxylic acids is 2. The maximum absolute atomic E-state index is 12.5. The molecule has 0 atom stereocenters. The fourth-order valence-electron chi connectivity index (χ4n) is 2.47. The monoisotopic (exact) mass is 370 g/mol. The van der Waals surface area contributed by atoms with E-state index < -0.39 is 17.8 Å². The van der Waals surface area contributed by atoms with Crippen molar-refractivity contribution in [3.8, 4) is 0 Å². The minimum absolute atomic E-state index is 0.0284. The third kappa shape index (κ3) is 5.30. The van der Waals surface area contributed by atoms with Crippen LogP contribution in [0.3, 0.4) is 0 Å². The van der Waals surface area contributed by atoms with Gasteiger partial charge in [-0.1, -0.05) is 18.2 Å². The number of anilines is 1. The first kappa shape index (κ1) is 19.4. The molecule has 0 fully saturated rings. The Hall–Kier alpha value is -3.88. The molecule has 0 heterocycles. The molecule has 0 aliphatic rings. The zero-order valence-electron chi connectivity index (χ0n) is 14.2. The summed E-state index contributed by atoms with van der Waals surface area (Å²) in [5, 5.41) is 20.8. The Kier molecular flexibility index (Phi) is 6.10. The molecule has 140 valence electrons. The van der Waals surface area contributed by atoms with E-state index in [1.54, 1.807) is 18.2 Å². The van der Waals surface area contributed by atoms with Crippen LogP contribution in [0, 0.1) is 0 Å². The molecule has 1 amide bonds. The van der Waals surface area contributed by atoms with Crippen molar-refractivity contribution in [2.45, 2.75) is 12.8 Å². The van der Waals surface area contributed by atoms with Crippen LogP contribution in [0.4, 0.5) is 11.4 Å². The van der Waals surface area contributed by atoms with Crippen molar-refractivity contribution in [1.29, 1.82) is 0 Å². The average molecular weight is 370 g/mol. The second-order valence-electron chi connectivity index (χ2n) is 5.58. The Balaban J connectivity index is 2.32. The van der Waals surface area contributed by atoms with Gasteiger partial charge in [-0.15, -0.1) is 0 Å². The van der Waals surface area contributed by atoms with Gasteiger partial charge < -0.3 is 27.0 Å². The number of hydrogen-bond acceptors (Lipinski definition) is 4. The van der Waals surface area contributed by atoms with Crippen LogP contribution in [0.25, 0.3) is 0 Å². The molecule has 9 heteroatoms. The largest absolute Gasteiger partial charge is 0.481 e.